The minimum Gasteiger partial charge on any atom is -0.424 e. The Labute approximate surface area is 198 Å². The molecule has 1 atom stereocenters. The molecule has 0 spiro atoms. The van der Waals surface area contributed by atoms with Crippen molar-refractivity contribution in [1.29, 1.82) is 0 Å². The molecule has 0 saturated carbocycles. The van der Waals surface area contributed by atoms with Crippen molar-refractivity contribution in [2.75, 3.05) is 0 Å². The van der Waals surface area contributed by atoms with E-state index in [1.165, 1.54) is 12.1 Å². The standard InChI is InChI=1S/C22H14F6O5S2/c23-20(21(24,25)26,22(27,28)35(30,31)32)19(29)33-15-11-13-18(14-12-15)34(16-7-3-1-4-8-16)17-9-5-2-6-10-17/h1-14H/p+1. The number of hydrogen-bond acceptors (Lipinski definition) is 4. The van der Waals surface area contributed by atoms with Gasteiger partial charge in [-0.25, -0.2) is 9.18 Å². The molecule has 5 nitrogen and oxygen atoms in total. The maximum absolute atomic E-state index is 14.4. The fourth-order valence-electron chi connectivity index (χ4n) is 2.92. The zero-order valence-corrected chi connectivity index (χ0v) is 18.9. The number of benzene rings is 3. The Morgan fingerprint density at radius 1 is 0.714 bits per heavy atom. The second-order valence-corrected chi connectivity index (χ2v) is 10.4. The highest BCUT2D eigenvalue weighted by molar-refractivity contribution is 7.97. The molecule has 0 fully saturated rings. The highest BCUT2D eigenvalue weighted by atomic mass is 32.2. The average molecular weight is 537 g/mol. The van der Waals surface area contributed by atoms with Gasteiger partial charge in [-0.2, -0.15) is 30.4 Å². The van der Waals surface area contributed by atoms with Crippen LogP contribution in [0.5, 0.6) is 5.75 Å². The van der Waals surface area contributed by atoms with Crippen molar-refractivity contribution < 1.29 is 48.8 Å². The van der Waals surface area contributed by atoms with Crippen molar-refractivity contribution >= 4 is 27.0 Å². The third-order valence-corrected chi connectivity index (χ3v) is 7.78. The molecule has 13 heteroatoms. The molecular formula is C22H15F6O5S2+. The SMILES string of the molecule is O=C(Oc1ccc([S+](c2ccccc2)c2ccccc2)cc1)C(F)(C(F)(F)F)C(F)(F)S(=O)(=O)O. The Morgan fingerprint density at radius 3 is 1.49 bits per heavy atom. The summed E-state index contributed by atoms with van der Waals surface area (Å²) in [5.74, 6) is -4.02. The average Bonchev–Trinajstić information content (AvgIpc) is 2.79. The molecule has 1 unspecified atom stereocenters. The molecule has 3 aromatic rings. The Morgan fingerprint density at radius 2 is 1.11 bits per heavy atom. The maximum atomic E-state index is 14.4. The van der Waals surface area contributed by atoms with E-state index in [1.807, 2.05) is 24.3 Å². The molecule has 0 aliphatic rings. The first-order chi connectivity index (χ1) is 16.2. The van der Waals surface area contributed by atoms with E-state index in [0.29, 0.717) is 4.90 Å². The van der Waals surface area contributed by atoms with Gasteiger partial charge in [0.25, 0.3) is 0 Å². The van der Waals surface area contributed by atoms with Crippen LogP contribution in [0.2, 0.25) is 0 Å². The fourth-order valence-corrected chi connectivity index (χ4v) is 5.56. The number of hydrogen-bond donors (Lipinski definition) is 1. The first-order valence-corrected chi connectivity index (χ1v) is 12.1. The lowest BCUT2D eigenvalue weighted by atomic mass is 10.1. The second-order valence-electron chi connectivity index (χ2n) is 6.94. The zero-order valence-electron chi connectivity index (χ0n) is 17.2. The van der Waals surface area contributed by atoms with Gasteiger partial charge in [0, 0.05) is 0 Å². The lowest BCUT2D eigenvalue weighted by Crippen LogP contribution is -2.64. The molecule has 3 rings (SSSR count). The van der Waals surface area contributed by atoms with Crippen LogP contribution in [-0.2, 0) is 25.8 Å². The summed E-state index contributed by atoms with van der Waals surface area (Å²) < 4.78 is 115. The van der Waals surface area contributed by atoms with Crippen LogP contribution in [0.15, 0.2) is 99.6 Å². The van der Waals surface area contributed by atoms with E-state index in [2.05, 4.69) is 4.74 Å². The molecule has 0 amide bonds. The number of rotatable bonds is 7. The third-order valence-electron chi connectivity index (χ3n) is 4.62. The topological polar surface area (TPSA) is 80.7 Å². The molecule has 0 heterocycles. The molecule has 0 bridgehead atoms. The van der Waals surface area contributed by atoms with Gasteiger partial charge in [0.05, 0.1) is 10.9 Å². The van der Waals surface area contributed by atoms with E-state index in [0.717, 1.165) is 21.9 Å². The van der Waals surface area contributed by atoms with Crippen molar-refractivity contribution in [3.63, 3.8) is 0 Å². The van der Waals surface area contributed by atoms with E-state index in [-0.39, 0.29) is 0 Å². The minimum atomic E-state index is -6.99. The summed E-state index contributed by atoms with van der Waals surface area (Å²) in [6, 6.07) is 22.7. The van der Waals surface area contributed by atoms with Crippen LogP contribution in [0, 0.1) is 0 Å². The van der Waals surface area contributed by atoms with Gasteiger partial charge in [-0.3, -0.25) is 4.55 Å². The van der Waals surface area contributed by atoms with Crippen LogP contribution in [0.1, 0.15) is 0 Å². The predicted molar refractivity (Wildman–Crippen MR) is 114 cm³/mol. The molecule has 0 saturated heterocycles. The molecule has 0 aliphatic carbocycles. The Kier molecular flexibility index (Phi) is 7.25. The first-order valence-electron chi connectivity index (χ1n) is 9.47. The number of alkyl halides is 6. The highest BCUT2D eigenvalue weighted by Gasteiger charge is 2.82. The Hall–Kier alpha value is -3.03. The van der Waals surface area contributed by atoms with Gasteiger partial charge in [-0.15, -0.1) is 0 Å². The summed E-state index contributed by atoms with van der Waals surface area (Å²) in [5, 5.41) is -6.57. The van der Waals surface area contributed by atoms with Crippen LogP contribution < -0.4 is 4.74 Å². The van der Waals surface area contributed by atoms with Crippen LogP contribution in [0.25, 0.3) is 0 Å². The van der Waals surface area contributed by atoms with Gasteiger partial charge >= 0.3 is 33.2 Å². The summed E-state index contributed by atoms with van der Waals surface area (Å²) in [6.45, 7) is 0. The van der Waals surface area contributed by atoms with Gasteiger partial charge in [0.15, 0.2) is 14.7 Å². The van der Waals surface area contributed by atoms with Crippen LogP contribution in [-0.4, -0.2) is 36.0 Å². The van der Waals surface area contributed by atoms with Gasteiger partial charge in [-0.05, 0) is 48.5 Å². The zero-order chi connectivity index (χ0) is 26.1. The van der Waals surface area contributed by atoms with Crippen LogP contribution >= 0.6 is 0 Å². The first kappa shape index (κ1) is 26.6. The summed E-state index contributed by atoms with van der Waals surface area (Å²) in [5.41, 5.74) is -6.37. The molecule has 1 N–H and O–H groups in total. The van der Waals surface area contributed by atoms with Gasteiger partial charge in [-0.1, -0.05) is 36.4 Å². The van der Waals surface area contributed by atoms with Crippen LogP contribution in [0.4, 0.5) is 26.3 Å². The minimum absolute atomic E-state index is 0.591. The quantitative estimate of drug-likeness (QED) is 0.143. The van der Waals surface area contributed by atoms with Crippen molar-refractivity contribution in [2.24, 2.45) is 0 Å². The number of ether oxygens (including phenoxy) is 1. The Bertz CT molecular complexity index is 1240. The molecule has 186 valence electrons. The second kappa shape index (κ2) is 9.55. The lowest BCUT2D eigenvalue weighted by molar-refractivity contribution is -0.275. The smallest absolute Gasteiger partial charge is 0.424 e. The van der Waals surface area contributed by atoms with E-state index in [9.17, 15) is 39.6 Å². The van der Waals surface area contributed by atoms with E-state index < -0.39 is 49.8 Å². The summed E-state index contributed by atoms with van der Waals surface area (Å²) in [6.07, 6.45) is -6.74. The summed E-state index contributed by atoms with van der Waals surface area (Å²) in [7, 11) is -7.71. The van der Waals surface area contributed by atoms with Crippen LogP contribution in [0.3, 0.4) is 0 Å². The number of esters is 1. The monoisotopic (exact) mass is 537 g/mol. The van der Waals surface area contributed by atoms with Crippen molar-refractivity contribution in [2.45, 2.75) is 31.8 Å². The Balaban J connectivity index is 1.96. The van der Waals surface area contributed by atoms with E-state index in [4.69, 9.17) is 4.55 Å². The largest absolute Gasteiger partial charge is 0.441 e. The van der Waals surface area contributed by atoms with E-state index in [1.54, 1.807) is 36.4 Å². The van der Waals surface area contributed by atoms with Crippen molar-refractivity contribution in [1.82, 2.24) is 0 Å². The van der Waals surface area contributed by atoms with Gasteiger partial charge < -0.3 is 4.74 Å². The number of carbonyl (C=O) groups is 1. The van der Waals surface area contributed by atoms with E-state index >= 15 is 0 Å². The normalized spacial score (nSPS) is 14.4. The van der Waals surface area contributed by atoms with Gasteiger partial charge in [0.2, 0.25) is 0 Å². The van der Waals surface area contributed by atoms with Crippen molar-refractivity contribution in [3.8, 4) is 5.75 Å². The highest BCUT2D eigenvalue weighted by Crippen LogP contribution is 2.48. The number of halogens is 6. The fraction of sp³-hybridized carbons (Fsp3) is 0.136. The molecule has 0 radical (unpaired) electrons. The summed E-state index contributed by atoms with van der Waals surface area (Å²) in [4.78, 5) is 14.2. The summed E-state index contributed by atoms with van der Waals surface area (Å²) >= 11 is 0. The van der Waals surface area contributed by atoms with Crippen molar-refractivity contribution in [3.05, 3.63) is 84.9 Å². The molecule has 35 heavy (non-hydrogen) atoms. The maximum Gasteiger partial charge on any atom is 0.441 e. The molecule has 3 aromatic carbocycles. The van der Waals surface area contributed by atoms with Gasteiger partial charge in [0.1, 0.15) is 5.75 Å². The predicted octanol–water partition coefficient (Wildman–Crippen LogP) is 5.44. The lowest BCUT2D eigenvalue weighted by Gasteiger charge is -2.30. The molecule has 0 aromatic heterocycles. The third kappa shape index (κ3) is 5.02. The molecule has 0 aliphatic heterocycles. The number of carbonyl (C=O) groups excluding carboxylic acids is 1. The molecular weight excluding hydrogens is 522 g/mol.